The Bertz CT molecular complexity index is 276. The van der Waals surface area contributed by atoms with E-state index in [0.29, 0.717) is 6.42 Å². The highest BCUT2D eigenvalue weighted by atomic mass is 16.2. The van der Waals surface area contributed by atoms with Crippen LogP contribution in [0.1, 0.15) is 29.5 Å². The highest BCUT2D eigenvalue weighted by molar-refractivity contribution is 5.78. The molecule has 0 saturated carbocycles. The SMILES string of the molecule is CCC(=O)n1nc(C)cc1C. The van der Waals surface area contributed by atoms with Gasteiger partial charge in [0, 0.05) is 12.1 Å². The summed E-state index contributed by atoms with van der Waals surface area (Å²) in [6.45, 7) is 5.60. The summed E-state index contributed by atoms with van der Waals surface area (Å²) in [5.41, 5.74) is 1.80. The van der Waals surface area contributed by atoms with E-state index < -0.39 is 0 Å². The first kappa shape index (κ1) is 7.98. The highest BCUT2D eigenvalue weighted by Crippen LogP contribution is 2.01. The molecule has 11 heavy (non-hydrogen) atoms. The Morgan fingerprint density at radius 2 is 2.27 bits per heavy atom. The molecule has 0 aliphatic carbocycles. The molecule has 0 aromatic carbocycles. The summed E-state index contributed by atoms with van der Waals surface area (Å²) in [6, 6.07) is 1.90. The summed E-state index contributed by atoms with van der Waals surface area (Å²) in [6.07, 6.45) is 0.502. The van der Waals surface area contributed by atoms with Gasteiger partial charge >= 0.3 is 0 Å². The van der Waals surface area contributed by atoms with Gasteiger partial charge in [0.1, 0.15) is 0 Å². The number of hydrogen-bond donors (Lipinski definition) is 0. The molecule has 60 valence electrons. The maximum absolute atomic E-state index is 11.1. The number of carbonyl (C=O) groups excluding carboxylic acids is 1. The van der Waals surface area contributed by atoms with Crippen LogP contribution in [0.3, 0.4) is 0 Å². The Morgan fingerprint density at radius 3 is 2.64 bits per heavy atom. The smallest absolute Gasteiger partial charge is 0.246 e. The van der Waals surface area contributed by atoms with E-state index in [0.717, 1.165) is 11.4 Å². The van der Waals surface area contributed by atoms with Crippen LogP contribution in [-0.2, 0) is 0 Å². The van der Waals surface area contributed by atoms with Gasteiger partial charge in [-0.15, -0.1) is 0 Å². The van der Waals surface area contributed by atoms with Crippen molar-refractivity contribution in [2.45, 2.75) is 27.2 Å². The van der Waals surface area contributed by atoms with Gasteiger partial charge in [0.05, 0.1) is 5.69 Å². The van der Waals surface area contributed by atoms with Gasteiger partial charge in [0.25, 0.3) is 0 Å². The fraction of sp³-hybridized carbons (Fsp3) is 0.500. The maximum atomic E-state index is 11.1. The van der Waals surface area contributed by atoms with E-state index in [1.54, 1.807) is 0 Å². The van der Waals surface area contributed by atoms with E-state index in [2.05, 4.69) is 5.10 Å². The molecule has 0 bridgehead atoms. The normalized spacial score (nSPS) is 10.1. The molecule has 0 aliphatic rings. The Kier molecular flexibility index (Phi) is 2.08. The van der Waals surface area contributed by atoms with Gasteiger partial charge in [-0.2, -0.15) is 5.10 Å². The molecule has 3 heteroatoms. The molecule has 1 rings (SSSR count). The summed E-state index contributed by atoms with van der Waals surface area (Å²) >= 11 is 0. The Balaban J connectivity index is 3.03. The van der Waals surface area contributed by atoms with Crippen molar-refractivity contribution >= 4 is 5.91 Å². The van der Waals surface area contributed by atoms with E-state index in [4.69, 9.17) is 0 Å². The van der Waals surface area contributed by atoms with Gasteiger partial charge in [0.2, 0.25) is 5.91 Å². The second-order valence-corrected chi connectivity index (χ2v) is 2.59. The maximum Gasteiger partial charge on any atom is 0.246 e. The third-order valence-electron chi connectivity index (χ3n) is 1.55. The zero-order valence-corrected chi connectivity index (χ0v) is 7.09. The minimum atomic E-state index is 0.0515. The number of hydrogen-bond acceptors (Lipinski definition) is 2. The molecule has 0 saturated heterocycles. The van der Waals surface area contributed by atoms with Crippen molar-refractivity contribution < 1.29 is 4.79 Å². The molecule has 3 nitrogen and oxygen atoms in total. The standard InChI is InChI=1S/C8H12N2O/c1-4-8(11)10-7(3)5-6(2)9-10/h5H,4H2,1-3H3. The monoisotopic (exact) mass is 152 g/mol. The molecule has 0 aliphatic heterocycles. The Morgan fingerprint density at radius 1 is 1.64 bits per heavy atom. The number of nitrogens with zero attached hydrogens (tertiary/aromatic N) is 2. The van der Waals surface area contributed by atoms with Crippen LogP contribution in [0.4, 0.5) is 0 Å². The average molecular weight is 152 g/mol. The fourth-order valence-electron chi connectivity index (χ4n) is 1.03. The predicted molar refractivity (Wildman–Crippen MR) is 42.6 cm³/mol. The van der Waals surface area contributed by atoms with Crippen LogP contribution in [0.15, 0.2) is 6.07 Å². The van der Waals surface area contributed by atoms with Gasteiger partial charge in [-0.1, -0.05) is 6.92 Å². The summed E-state index contributed by atoms with van der Waals surface area (Å²) in [5.74, 6) is 0.0515. The molecule has 0 atom stereocenters. The molecule has 1 aromatic heterocycles. The summed E-state index contributed by atoms with van der Waals surface area (Å²) < 4.78 is 1.45. The minimum absolute atomic E-state index is 0.0515. The molecule has 0 N–H and O–H groups in total. The molecule has 1 heterocycles. The number of aromatic nitrogens is 2. The van der Waals surface area contributed by atoms with E-state index in [1.807, 2.05) is 26.8 Å². The van der Waals surface area contributed by atoms with Crippen LogP contribution in [0.5, 0.6) is 0 Å². The summed E-state index contributed by atoms with van der Waals surface area (Å²) in [5, 5.41) is 4.05. The first-order valence-corrected chi connectivity index (χ1v) is 3.71. The molecule has 0 unspecified atom stereocenters. The van der Waals surface area contributed by atoms with Crippen molar-refractivity contribution in [1.29, 1.82) is 0 Å². The van der Waals surface area contributed by atoms with Gasteiger partial charge in [-0.3, -0.25) is 4.79 Å². The number of carbonyl (C=O) groups is 1. The molecule has 0 radical (unpaired) electrons. The van der Waals surface area contributed by atoms with E-state index >= 15 is 0 Å². The predicted octanol–water partition coefficient (Wildman–Crippen LogP) is 1.55. The lowest BCUT2D eigenvalue weighted by molar-refractivity contribution is 0.0890. The second-order valence-electron chi connectivity index (χ2n) is 2.59. The van der Waals surface area contributed by atoms with Crippen LogP contribution in [0, 0.1) is 13.8 Å². The Hall–Kier alpha value is -1.12. The van der Waals surface area contributed by atoms with E-state index in [-0.39, 0.29) is 5.91 Å². The fourth-order valence-corrected chi connectivity index (χ4v) is 1.03. The van der Waals surface area contributed by atoms with Gasteiger partial charge in [-0.05, 0) is 19.9 Å². The molecule has 0 spiro atoms. The Labute approximate surface area is 66.0 Å². The zero-order valence-electron chi connectivity index (χ0n) is 7.09. The number of rotatable bonds is 1. The van der Waals surface area contributed by atoms with Crippen LogP contribution in [0.2, 0.25) is 0 Å². The largest absolute Gasteiger partial charge is 0.273 e. The lowest BCUT2D eigenvalue weighted by Gasteiger charge is -1.97. The highest BCUT2D eigenvalue weighted by Gasteiger charge is 2.06. The zero-order chi connectivity index (χ0) is 8.43. The lowest BCUT2D eigenvalue weighted by Crippen LogP contribution is -2.12. The molecule has 0 fully saturated rings. The van der Waals surface area contributed by atoms with Crippen LogP contribution >= 0.6 is 0 Å². The van der Waals surface area contributed by atoms with Crippen LogP contribution < -0.4 is 0 Å². The van der Waals surface area contributed by atoms with Crippen molar-refractivity contribution in [3.63, 3.8) is 0 Å². The first-order chi connectivity index (χ1) is 5.15. The quantitative estimate of drug-likeness (QED) is 0.612. The number of aryl methyl sites for hydroxylation is 2. The first-order valence-electron chi connectivity index (χ1n) is 3.71. The summed E-state index contributed by atoms with van der Waals surface area (Å²) in [7, 11) is 0. The van der Waals surface area contributed by atoms with Gasteiger partial charge in [-0.25, -0.2) is 4.68 Å². The molecule has 1 aromatic rings. The summed E-state index contributed by atoms with van der Waals surface area (Å²) in [4.78, 5) is 11.1. The average Bonchev–Trinajstić information content (AvgIpc) is 2.28. The molecular formula is C8H12N2O. The van der Waals surface area contributed by atoms with Crippen LogP contribution in [0.25, 0.3) is 0 Å². The van der Waals surface area contributed by atoms with E-state index in [1.165, 1.54) is 4.68 Å². The third kappa shape index (κ3) is 1.48. The van der Waals surface area contributed by atoms with Crippen molar-refractivity contribution in [2.75, 3.05) is 0 Å². The van der Waals surface area contributed by atoms with Crippen molar-refractivity contribution in [2.24, 2.45) is 0 Å². The lowest BCUT2D eigenvalue weighted by atomic mass is 10.4. The van der Waals surface area contributed by atoms with Gasteiger partial charge < -0.3 is 0 Å². The van der Waals surface area contributed by atoms with Crippen molar-refractivity contribution in [1.82, 2.24) is 9.78 Å². The topological polar surface area (TPSA) is 34.9 Å². The van der Waals surface area contributed by atoms with E-state index in [9.17, 15) is 4.79 Å². The van der Waals surface area contributed by atoms with Crippen molar-refractivity contribution in [3.05, 3.63) is 17.5 Å². The van der Waals surface area contributed by atoms with Crippen molar-refractivity contribution in [3.8, 4) is 0 Å². The third-order valence-corrected chi connectivity index (χ3v) is 1.55. The van der Waals surface area contributed by atoms with Gasteiger partial charge in [0.15, 0.2) is 0 Å². The minimum Gasteiger partial charge on any atom is -0.273 e. The second kappa shape index (κ2) is 2.86. The molecule has 0 amide bonds. The molecular weight excluding hydrogens is 140 g/mol. The van der Waals surface area contributed by atoms with Crippen LogP contribution in [-0.4, -0.2) is 15.7 Å².